The second kappa shape index (κ2) is 63.9. The number of carbonyl (C=O) groups is 3. The molecule has 0 N–H and O–H groups in total. The topological polar surface area (TPSA) is 78.9 Å². The summed E-state index contributed by atoms with van der Waals surface area (Å²) in [7, 11) is 0. The number of unbranched alkanes of at least 4 members (excludes halogenated alkanes) is 31. The zero-order valence-electron chi connectivity index (χ0n) is 50.0. The second-order valence-corrected chi connectivity index (χ2v) is 21.3. The van der Waals surface area contributed by atoms with Crippen LogP contribution >= 0.6 is 0 Å². The van der Waals surface area contributed by atoms with Gasteiger partial charge in [-0.05, 0) is 96.3 Å². The first kappa shape index (κ1) is 72.3. The van der Waals surface area contributed by atoms with Crippen molar-refractivity contribution >= 4 is 17.9 Å². The summed E-state index contributed by atoms with van der Waals surface area (Å²) in [6, 6.07) is 0. The van der Waals surface area contributed by atoms with E-state index in [9.17, 15) is 14.4 Å². The smallest absolute Gasteiger partial charge is 0.306 e. The zero-order chi connectivity index (χ0) is 55.0. The number of rotatable bonds is 58. The minimum absolute atomic E-state index is 0.0783. The van der Waals surface area contributed by atoms with Crippen molar-refractivity contribution in [2.75, 3.05) is 13.2 Å². The lowest BCUT2D eigenvalue weighted by Gasteiger charge is -2.18. The third kappa shape index (κ3) is 61.2. The molecule has 0 aliphatic heterocycles. The first-order valence-corrected chi connectivity index (χ1v) is 32.2. The van der Waals surface area contributed by atoms with Crippen molar-refractivity contribution in [2.24, 2.45) is 0 Å². The fourth-order valence-electron chi connectivity index (χ4n) is 9.07. The number of ether oxygens (including phenoxy) is 3. The molecule has 0 fully saturated rings. The molecule has 1 unspecified atom stereocenters. The summed E-state index contributed by atoms with van der Waals surface area (Å²) < 4.78 is 16.9. The fraction of sp³-hybridized carbons (Fsp3) is 0.729. The van der Waals surface area contributed by atoms with Crippen LogP contribution in [-0.2, 0) is 28.6 Å². The molecule has 0 aromatic heterocycles. The SMILES string of the molecule is CC/C=C\C/C=C\C/C=C\C/C=C\CCCCCCCCCCCCCCC(=O)OCC(COC(=O)CCCCCCCCCCCCCC)OC(=O)CCCCCCCCCC/C=C\C/C=C\C/C=C\C/C=C\CC. The van der Waals surface area contributed by atoms with E-state index in [1.807, 2.05) is 0 Å². The molecule has 0 aliphatic rings. The van der Waals surface area contributed by atoms with Crippen LogP contribution < -0.4 is 0 Å². The highest BCUT2D eigenvalue weighted by atomic mass is 16.6. The maximum absolute atomic E-state index is 12.9. The standard InChI is InChI=1S/C70H120O6/c1-4-7-10-13-16-19-22-25-27-29-31-33-34-35-36-38-39-41-43-45-48-51-54-57-60-63-69(72)75-66-67(65-74-68(71)62-59-56-53-50-47-24-21-18-15-12-9-6-3)76-70(73)64-61-58-55-52-49-46-44-42-40-37-32-30-28-26-23-20-17-14-11-8-5-2/h7-8,10-11,16-17,19-20,25-28,31-33,37,67H,4-6,9,12-15,18,21-24,29-30,34-36,38-66H2,1-3H3/b10-7-,11-8-,19-16-,20-17-,27-25-,28-26-,33-31-,37-32-. The van der Waals surface area contributed by atoms with Crippen molar-refractivity contribution in [3.05, 3.63) is 97.2 Å². The largest absolute Gasteiger partial charge is 0.462 e. The molecule has 0 saturated heterocycles. The summed E-state index contributed by atoms with van der Waals surface area (Å²) in [6.07, 6.45) is 85.5. The van der Waals surface area contributed by atoms with Crippen LogP contribution in [0.25, 0.3) is 0 Å². The Kier molecular flexibility index (Phi) is 60.8. The lowest BCUT2D eigenvalue weighted by atomic mass is 10.0. The normalized spacial score (nSPS) is 12.7. The molecule has 0 bridgehead atoms. The second-order valence-electron chi connectivity index (χ2n) is 21.3. The first-order chi connectivity index (χ1) is 37.5. The van der Waals surface area contributed by atoms with Crippen molar-refractivity contribution in [1.82, 2.24) is 0 Å². The van der Waals surface area contributed by atoms with Crippen LogP contribution in [0.5, 0.6) is 0 Å². The highest BCUT2D eigenvalue weighted by Gasteiger charge is 2.19. The Bertz CT molecular complexity index is 1490. The predicted octanol–water partition coefficient (Wildman–Crippen LogP) is 22.0. The molecule has 0 amide bonds. The molecule has 6 heteroatoms. The van der Waals surface area contributed by atoms with E-state index in [1.165, 1.54) is 154 Å². The van der Waals surface area contributed by atoms with Gasteiger partial charge in [0.15, 0.2) is 6.10 Å². The van der Waals surface area contributed by atoms with Gasteiger partial charge >= 0.3 is 17.9 Å². The maximum Gasteiger partial charge on any atom is 0.306 e. The summed E-state index contributed by atoms with van der Waals surface area (Å²) >= 11 is 0. The van der Waals surface area contributed by atoms with Gasteiger partial charge in [0.1, 0.15) is 13.2 Å². The Morgan fingerprint density at radius 1 is 0.276 bits per heavy atom. The van der Waals surface area contributed by atoms with Crippen LogP contribution in [0.3, 0.4) is 0 Å². The van der Waals surface area contributed by atoms with Crippen molar-refractivity contribution < 1.29 is 28.6 Å². The minimum Gasteiger partial charge on any atom is -0.462 e. The van der Waals surface area contributed by atoms with Crippen LogP contribution in [0.1, 0.15) is 310 Å². The van der Waals surface area contributed by atoms with Gasteiger partial charge in [-0.25, -0.2) is 0 Å². The number of hydrogen-bond donors (Lipinski definition) is 0. The quantitative estimate of drug-likeness (QED) is 0.0261. The highest BCUT2D eigenvalue weighted by Crippen LogP contribution is 2.17. The lowest BCUT2D eigenvalue weighted by molar-refractivity contribution is -0.167. The van der Waals surface area contributed by atoms with E-state index in [-0.39, 0.29) is 31.1 Å². The fourth-order valence-corrected chi connectivity index (χ4v) is 9.07. The van der Waals surface area contributed by atoms with E-state index < -0.39 is 6.10 Å². The molecular weight excluding hydrogens is 937 g/mol. The summed E-state index contributed by atoms with van der Waals surface area (Å²) in [4.78, 5) is 38.3. The summed E-state index contributed by atoms with van der Waals surface area (Å²) in [6.45, 7) is 6.43. The number of carbonyl (C=O) groups excluding carboxylic acids is 3. The van der Waals surface area contributed by atoms with Gasteiger partial charge in [0, 0.05) is 19.3 Å². The molecule has 0 heterocycles. The Balaban J connectivity index is 4.30. The van der Waals surface area contributed by atoms with Crippen LogP contribution in [0.4, 0.5) is 0 Å². The van der Waals surface area contributed by atoms with Gasteiger partial charge < -0.3 is 14.2 Å². The Labute approximate surface area is 470 Å². The molecule has 0 saturated carbocycles. The maximum atomic E-state index is 12.9. The van der Waals surface area contributed by atoms with E-state index in [0.29, 0.717) is 19.3 Å². The van der Waals surface area contributed by atoms with Crippen LogP contribution in [0.2, 0.25) is 0 Å². The molecule has 0 aliphatic carbocycles. The molecular formula is C70H120O6. The lowest BCUT2D eigenvalue weighted by Crippen LogP contribution is -2.30. The van der Waals surface area contributed by atoms with E-state index >= 15 is 0 Å². The minimum atomic E-state index is -0.782. The average molecular weight is 1060 g/mol. The summed E-state index contributed by atoms with van der Waals surface area (Å²) in [5.41, 5.74) is 0. The third-order valence-corrected chi connectivity index (χ3v) is 13.8. The Morgan fingerprint density at radius 2 is 0.513 bits per heavy atom. The molecule has 0 aromatic rings. The number of esters is 3. The van der Waals surface area contributed by atoms with Crippen LogP contribution in [0.15, 0.2) is 97.2 Å². The number of allylic oxidation sites excluding steroid dienone is 16. The Hall–Kier alpha value is -3.67. The average Bonchev–Trinajstić information content (AvgIpc) is 3.42. The first-order valence-electron chi connectivity index (χ1n) is 32.2. The van der Waals surface area contributed by atoms with E-state index in [4.69, 9.17) is 14.2 Å². The van der Waals surface area contributed by atoms with E-state index in [0.717, 1.165) is 116 Å². The molecule has 0 aromatic carbocycles. The Morgan fingerprint density at radius 3 is 0.803 bits per heavy atom. The van der Waals surface area contributed by atoms with Gasteiger partial charge in [-0.1, -0.05) is 291 Å². The van der Waals surface area contributed by atoms with Crippen LogP contribution in [-0.4, -0.2) is 37.2 Å². The van der Waals surface area contributed by atoms with Crippen molar-refractivity contribution in [2.45, 2.75) is 316 Å². The van der Waals surface area contributed by atoms with Crippen molar-refractivity contribution in [1.29, 1.82) is 0 Å². The van der Waals surface area contributed by atoms with Crippen molar-refractivity contribution in [3.63, 3.8) is 0 Å². The van der Waals surface area contributed by atoms with Gasteiger partial charge in [-0.15, -0.1) is 0 Å². The van der Waals surface area contributed by atoms with E-state index in [1.54, 1.807) is 0 Å². The predicted molar refractivity (Wildman–Crippen MR) is 330 cm³/mol. The van der Waals surface area contributed by atoms with Gasteiger partial charge in [-0.3, -0.25) is 14.4 Å². The molecule has 0 rings (SSSR count). The third-order valence-electron chi connectivity index (χ3n) is 13.8. The summed E-state index contributed by atoms with van der Waals surface area (Å²) in [5, 5.41) is 0. The molecule has 6 nitrogen and oxygen atoms in total. The number of hydrogen-bond acceptors (Lipinski definition) is 6. The molecule has 1 atom stereocenters. The molecule has 0 radical (unpaired) electrons. The molecule has 0 spiro atoms. The van der Waals surface area contributed by atoms with Crippen molar-refractivity contribution in [3.8, 4) is 0 Å². The van der Waals surface area contributed by atoms with Gasteiger partial charge in [0.25, 0.3) is 0 Å². The molecule has 76 heavy (non-hydrogen) atoms. The van der Waals surface area contributed by atoms with Gasteiger partial charge in [0.05, 0.1) is 0 Å². The summed E-state index contributed by atoms with van der Waals surface area (Å²) in [5.74, 6) is -0.877. The zero-order valence-corrected chi connectivity index (χ0v) is 50.0. The van der Waals surface area contributed by atoms with Crippen LogP contribution in [0, 0.1) is 0 Å². The molecule has 436 valence electrons. The van der Waals surface area contributed by atoms with Gasteiger partial charge in [0.2, 0.25) is 0 Å². The highest BCUT2D eigenvalue weighted by molar-refractivity contribution is 5.71. The monoisotopic (exact) mass is 1060 g/mol. The van der Waals surface area contributed by atoms with Gasteiger partial charge in [-0.2, -0.15) is 0 Å². The van der Waals surface area contributed by atoms with E-state index in [2.05, 4.69) is 118 Å².